The van der Waals surface area contributed by atoms with Crippen LogP contribution in [-0.2, 0) is 0 Å². The molecule has 0 aliphatic carbocycles. The molecule has 4 aromatic carbocycles. The maximum Gasteiger partial charge on any atom is 0.101 e. The van der Waals surface area contributed by atoms with Gasteiger partial charge in [0, 0.05) is 11.4 Å². The van der Waals surface area contributed by atoms with Crippen molar-refractivity contribution in [2.24, 2.45) is 0 Å². The molecule has 2 heterocycles. The number of hydrogen-bond donors (Lipinski definition) is 0. The third kappa shape index (κ3) is 9.58. The Hall–Kier alpha value is -2.84. The van der Waals surface area contributed by atoms with Gasteiger partial charge in [0.25, 0.3) is 0 Å². The first-order chi connectivity index (χ1) is 20.7. The smallest absolute Gasteiger partial charge is 0.101 e. The largest absolute Gasteiger partial charge is 0.302 e. The summed E-state index contributed by atoms with van der Waals surface area (Å²) in [6.07, 6.45) is 0. The average molecular weight is 805 g/mol. The van der Waals surface area contributed by atoms with E-state index in [1.807, 2.05) is 17.4 Å². The van der Waals surface area contributed by atoms with Gasteiger partial charge in [0.15, 0.2) is 0 Å². The molecule has 0 aliphatic heterocycles. The topological polar surface area (TPSA) is 6.48 Å². The first-order valence-electron chi connectivity index (χ1n) is 14.4. The van der Waals surface area contributed by atoms with Gasteiger partial charge in [0.2, 0.25) is 0 Å². The summed E-state index contributed by atoms with van der Waals surface area (Å²) in [6.45, 7) is 4.27. The molecule has 0 aliphatic rings. The molecule has 0 atom stereocenters. The zero-order valence-corrected chi connectivity index (χ0v) is 31.4. The van der Waals surface area contributed by atoms with Crippen molar-refractivity contribution in [2.75, 3.05) is 9.80 Å². The first-order valence-corrected chi connectivity index (χ1v) is 26.8. The van der Waals surface area contributed by atoms with Gasteiger partial charge in [-0.25, -0.2) is 0 Å². The summed E-state index contributed by atoms with van der Waals surface area (Å²) in [5.74, 6) is 0. The number of benzene rings is 4. The zero-order valence-electron chi connectivity index (χ0n) is 25.3. The van der Waals surface area contributed by atoms with Crippen LogP contribution < -0.4 is 12.7 Å². The van der Waals surface area contributed by atoms with Gasteiger partial charge in [0.05, 0.1) is 3.79 Å². The van der Waals surface area contributed by atoms with Crippen LogP contribution in [0.5, 0.6) is 0 Å². The van der Waals surface area contributed by atoms with Crippen LogP contribution in [0.25, 0.3) is 0 Å². The molecule has 0 unspecified atom stereocenters. The van der Waals surface area contributed by atoms with E-state index in [2.05, 4.69) is 182 Å². The second kappa shape index (κ2) is 16.6. The fourth-order valence-corrected chi connectivity index (χ4v) is 12.5. The zero-order chi connectivity index (χ0) is 30.4. The Labute approximate surface area is 292 Å². The van der Waals surface area contributed by atoms with Gasteiger partial charge in [-0.15, -0.1) is 11.3 Å². The number of halogens is 1. The Kier molecular flexibility index (Phi) is 13.5. The molecule has 234 valence electrons. The minimum Gasteiger partial charge on any atom is -0.302 e. The SMILES string of the molecule is C.C.Cc1cccc(N(c2ccccc2)c2cc[c]([Sn]([CH3])([CH3])[CH3])s2)c1.Cc1cccc(N(c2ccccc2)c2ccc(Br)s2)c1. The van der Waals surface area contributed by atoms with E-state index in [1.165, 1.54) is 43.9 Å². The summed E-state index contributed by atoms with van der Waals surface area (Å²) < 4.78 is 2.75. The van der Waals surface area contributed by atoms with E-state index in [9.17, 15) is 0 Å². The summed E-state index contributed by atoms with van der Waals surface area (Å²) >= 11 is 5.22. The Balaban J connectivity index is 0.000000237. The number of hydrogen-bond acceptors (Lipinski definition) is 4. The molecule has 0 radical (unpaired) electrons. The van der Waals surface area contributed by atoms with E-state index in [4.69, 9.17) is 0 Å². The van der Waals surface area contributed by atoms with Crippen molar-refractivity contribution in [2.45, 2.75) is 43.5 Å². The number of para-hydroxylation sites is 2. The summed E-state index contributed by atoms with van der Waals surface area (Å²) in [5, 5.41) is 2.51. The molecule has 6 rings (SSSR count). The van der Waals surface area contributed by atoms with Crippen LogP contribution in [0.15, 0.2) is 137 Å². The number of nitrogens with zero attached hydrogens (tertiary/aromatic N) is 2. The molecule has 6 heteroatoms. The van der Waals surface area contributed by atoms with E-state index < -0.39 is 18.4 Å². The van der Waals surface area contributed by atoms with Gasteiger partial charge in [0.1, 0.15) is 5.00 Å². The number of anilines is 6. The fraction of sp³-hybridized carbons (Fsp3) is 0.179. The van der Waals surface area contributed by atoms with Crippen molar-refractivity contribution in [1.82, 2.24) is 0 Å². The molecule has 0 saturated carbocycles. The van der Waals surface area contributed by atoms with E-state index in [0.29, 0.717) is 0 Å². The van der Waals surface area contributed by atoms with Crippen LogP contribution in [0.4, 0.5) is 32.8 Å². The van der Waals surface area contributed by atoms with Crippen LogP contribution in [-0.4, -0.2) is 18.4 Å². The second-order valence-electron chi connectivity index (χ2n) is 11.5. The monoisotopic (exact) mass is 804 g/mol. The van der Waals surface area contributed by atoms with Crippen LogP contribution in [0.3, 0.4) is 0 Å². The summed E-state index contributed by atoms with van der Waals surface area (Å²) in [5.41, 5.74) is 7.36. The minimum atomic E-state index is -2.03. The van der Waals surface area contributed by atoms with Crippen molar-refractivity contribution in [1.29, 1.82) is 0 Å². The third-order valence-corrected chi connectivity index (χ3v) is 19.0. The van der Waals surface area contributed by atoms with Crippen LogP contribution >= 0.6 is 38.6 Å². The van der Waals surface area contributed by atoms with Gasteiger partial charge >= 0.3 is 148 Å². The second-order valence-corrected chi connectivity index (χ2v) is 30.4. The molecule has 0 bridgehead atoms. The molecule has 6 aromatic rings. The van der Waals surface area contributed by atoms with Crippen molar-refractivity contribution >= 4 is 92.6 Å². The Morgan fingerprint density at radius 2 is 0.911 bits per heavy atom. The normalized spacial score (nSPS) is 10.5. The molecule has 0 N–H and O–H groups in total. The molecule has 0 amide bonds. The Morgan fingerprint density at radius 3 is 1.29 bits per heavy atom. The Bertz CT molecular complexity index is 1760. The van der Waals surface area contributed by atoms with Crippen molar-refractivity contribution < 1.29 is 0 Å². The predicted octanol–water partition coefficient (Wildman–Crippen LogP) is 13.6. The Morgan fingerprint density at radius 1 is 0.489 bits per heavy atom. The average Bonchev–Trinajstić information content (AvgIpc) is 3.65. The summed E-state index contributed by atoms with van der Waals surface area (Å²) in [4.78, 5) is 12.1. The predicted molar refractivity (Wildman–Crippen MR) is 212 cm³/mol. The maximum atomic E-state index is 3.55. The van der Waals surface area contributed by atoms with Gasteiger partial charge < -0.3 is 4.90 Å². The standard InChI is InChI=1S/C17H14BrNS.C17H14NS.2CH4.3CH3.Sn/c1-13-6-5-9-15(12-13)19(14-7-3-2-4-8-14)17-11-10-16(18)20-17;1-14-7-5-10-16(13-14)18(17-11-6-12-19-17)15-8-3-2-4-9-15;;;;;;/h2-12H,1H3;2-11,13H,1H3;2*1H4;3*1H3;. The maximum absolute atomic E-state index is 3.55. The van der Waals surface area contributed by atoms with Crippen molar-refractivity contribution in [3.63, 3.8) is 0 Å². The molecular weight excluding hydrogens is 759 g/mol. The van der Waals surface area contributed by atoms with Crippen LogP contribution in [0, 0.1) is 13.8 Å². The van der Waals surface area contributed by atoms with Crippen LogP contribution in [0.2, 0.25) is 14.8 Å². The molecule has 0 saturated heterocycles. The van der Waals surface area contributed by atoms with Crippen molar-refractivity contribution in [3.8, 4) is 0 Å². The van der Waals surface area contributed by atoms with Gasteiger partial charge in [-0.2, -0.15) is 0 Å². The van der Waals surface area contributed by atoms with E-state index >= 15 is 0 Å². The van der Waals surface area contributed by atoms with Crippen LogP contribution in [0.1, 0.15) is 26.0 Å². The number of aryl methyl sites for hydroxylation is 2. The molecule has 0 spiro atoms. The summed E-state index contributed by atoms with van der Waals surface area (Å²) in [7, 11) is 0. The quantitative estimate of drug-likeness (QED) is 0.148. The first kappa shape index (κ1) is 36.6. The van der Waals surface area contributed by atoms with E-state index in [-0.39, 0.29) is 14.9 Å². The number of thiophene rings is 2. The van der Waals surface area contributed by atoms with Gasteiger partial charge in [-0.05, 0) is 64.8 Å². The van der Waals surface area contributed by atoms with Gasteiger partial charge in [-0.1, -0.05) is 45.2 Å². The fourth-order valence-electron chi connectivity index (χ4n) is 4.77. The molecular formula is C39H45BrN2S2Sn. The molecule has 0 fully saturated rings. The minimum absolute atomic E-state index is 0. The molecule has 2 nitrogen and oxygen atoms in total. The van der Waals surface area contributed by atoms with E-state index in [0.717, 1.165) is 3.79 Å². The van der Waals surface area contributed by atoms with E-state index in [1.54, 1.807) is 14.2 Å². The van der Waals surface area contributed by atoms with Crippen molar-refractivity contribution in [3.05, 3.63) is 148 Å². The molecule has 2 aromatic heterocycles. The third-order valence-electron chi connectivity index (χ3n) is 6.88. The molecule has 45 heavy (non-hydrogen) atoms. The summed E-state index contributed by atoms with van der Waals surface area (Å²) in [6, 6.07) is 47.3. The number of rotatable bonds is 7. The van der Waals surface area contributed by atoms with Gasteiger partial charge in [-0.3, -0.25) is 0 Å².